The zero-order chi connectivity index (χ0) is 16.7. The van der Waals surface area contributed by atoms with E-state index in [1.165, 1.54) is 0 Å². The third-order valence-electron chi connectivity index (χ3n) is 4.00. The summed E-state index contributed by atoms with van der Waals surface area (Å²) < 4.78 is 2.72. The standard InChI is InChI=1S/C19H14ClN3S/c1-12-9-18(24)23-16-8-7-14(20)10-15(16)19(21-11-17(23)22-12)13-5-3-2-4-6-13/h2-10H,11H2,1H3. The van der Waals surface area contributed by atoms with Crippen LogP contribution in [-0.2, 0) is 6.54 Å². The van der Waals surface area contributed by atoms with E-state index in [9.17, 15) is 0 Å². The zero-order valence-corrected chi connectivity index (χ0v) is 14.6. The van der Waals surface area contributed by atoms with Gasteiger partial charge in [-0.1, -0.05) is 54.2 Å². The molecule has 0 spiro atoms. The molecule has 0 unspecified atom stereocenters. The molecule has 1 aromatic heterocycles. The van der Waals surface area contributed by atoms with E-state index in [0.717, 1.165) is 38.7 Å². The van der Waals surface area contributed by atoms with Crippen LogP contribution >= 0.6 is 23.8 Å². The van der Waals surface area contributed by atoms with Gasteiger partial charge in [0.1, 0.15) is 10.5 Å². The Labute approximate surface area is 150 Å². The van der Waals surface area contributed by atoms with Crippen molar-refractivity contribution in [2.75, 3.05) is 0 Å². The highest BCUT2D eigenvalue weighted by Crippen LogP contribution is 2.27. The van der Waals surface area contributed by atoms with E-state index < -0.39 is 0 Å². The lowest BCUT2D eigenvalue weighted by molar-refractivity contribution is 0.810. The minimum Gasteiger partial charge on any atom is -0.287 e. The third kappa shape index (κ3) is 2.58. The van der Waals surface area contributed by atoms with Crippen molar-refractivity contribution in [3.05, 3.63) is 86.9 Å². The average molecular weight is 352 g/mol. The van der Waals surface area contributed by atoms with Crippen LogP contribution < -0.4 is 0 Å². The van der Waals surface area contributed by atoms with Crippen LogP contribution in [0.5, 0.6) is 0 Å². The first-order valence-corrected chi connectivity index (χ1v) is 8.42. The van der Waals surface area contributed by atoms with E-state index in [1.54, 1.807) is 0 Å². The lowest BCUT2D eigenvalue weighted by Gasteiger charge is -2.14. The fraction of sp³-hybridized carbons (Fsp3) is 0.105. The third-order valence-corrected chi connectivity index (χ3v) is 4.53. The Morgan fingerprint density at radius 2 is 1.88 bits per heavy atom. The van der Waals surface area contributed by atoms with Crippen LogP contribution in [-0.4, -0.2) is 15.3 Å². The molecule has 0 amide bonds. The van der Waals surface area contributed by atoms with E-state index >= 15 is 0 Å². The second-order valence-electron chi connectivity index (χ2n) is 5.68. The number of fused-ring (bicyclic) bond motifs is 3. The summed E-state index contributed by atoms with van der Waals surface area (Å²) in [7, 11) is 0. The number of rotatable bonds is 1. The Kier molecular flexibility index (Phi) is 3.79. The van der Waals surface area contributed by atoms with Crippen molar-refractivity contribution in [3.8, 4) is 5.69 Å². The zero-order valence-electron chi connectivity index (χ0n) is 13.0. The van der Waals surface area contributed by atoms with Gasteiger partial charge in [-0.15, -0.1) is 0 Å². The molecule has 24 heavy (non-hydrogen) atoms. The molecule has 2 aromatic carbocycles. The van der Waals surface area contributed by atoms with Crippen molar-refractivity contribution in [2.24, 2.45) is 4.99 Å². The van der Waals surface area contributed by atoms with Gasteiger partial charge in [-0.25, -0.2) is 4.98 Å². The molecule has 1 aliphatic heterocycles. The molecule has 1 aliphatic rings. The van der Waals surface area contributed by atoms with Crippen LogP contribution in [0.1, 0.15) is 22.6 Å². The molecule has 3 nitrogen and oxygen atoms in total. The maximum atomic E-state index is 6.27. The molecule has 0 radical (unpaired) electrons. The number of aryl methyl sites for hydroxylation is 1. The molecule has 0 saturated carbocycles. The molecule has 4 rings (SSSR count). The molecule has 118 valence electrons. The average Bonchev–Trinajstić information content (AvgIpc) is 2.72. The van der Waals surface area contributed by atoms with Crippen molar-refractivity contribution >= 4 is 29.5 Å². The van der Waals surface area contributed by atoms with E-state index in [1.807, 2.05) is 54.0 Å². The van der Waals surface area contributed by atoms with Crippen LogP contribution in [0.15, 0.2) is 59.6 Å². The van der Waals surface area contributed by atoms with Gasteiger partial charge in [0.15, 0.2) is 0 Å². The van der Waals surface area contributed by atoms with E-state index in [-0.39, 0.29) is 0 Å². The Bertz CT molecular complexity index is 1020. The molecule has 0 N–H and O–H groups in total. The van der Waals surface area contributed by atoms with Gasteiger partial charge in [0.25, 0.3) is 0 Å². The van der Waals surface area contributed by atoms with Crippen LogP contribution in [0, 0.1) is 11.6 Å². The normalized spacial score (nSPS) is 12.8. The minimum absolute atomic E-state index is 0.474. The molecule has 0 atom stereocenters. The first kappa shape index (κ1) is 15.2. The second-order valence-corrected chi connectivity index (χ2v) is 6.53. The summed E-state index contributed by atoms with van der Waals surface area (Å²) >= 11 is 11.9. The Morgan fingerprint density at radius 3 is 2.67 bits per heavy atom. The van der Waals surface area contributed by atoms with Gasteiger partial charge in [0, 0.05) is 21.8 Å². The fourth-order valence-corrected chi connectivity index (χ4v) is 3.54. The van der Waals surface area contributed by atoms with Crippen molar-refractivity contribution in [3.63, 3.8) is 0 Å². The van der Waals surface area contributed by atoms with Crippen molar-refractivity contribution in [1.82, 2.24) is 9.55 Å². The number of aromatic nitrogens is 2. The van der Waals surface area contributed by atoms with Crippen LogP contribution in [0.2, 0.25) is 5.02 Å². The predicted molar refractivity (Wildman–Crippen MR) is 99.9 cm³/mol. The molecule has 5 heteroatoms. The monoisotopic (exact) mass is 351 g/mol. The van der Waals surface area contributed by atoms with Crippen LogP contribution in [0.4, 0.5) is 0 Å². The highest BCUT2D eigenvalue weighted by atomic mass is 35.5. The predicted octanol–water partition coefficient (Wildman–Crippen LogP) is 4.91. The topological polar surface area (TPSA) is 30.2 Å². The molecule has 0 fully saturated rings. The highest BCUT2D eigenvalue weighted by Gasteiger charge is 2.20. The van der Waals surface area contributed by atoms with Crippen LogP contribution in [0.25, 0.3) is 5.69 Å². The van der Waals surface area contributed by atoms with Gasteiger partial charge in [0.05, 0.1) is 17.9 Å². The largest absolute Gasteiger partial charge is 0.287 e. The number of halogens is 1. The molecule has 0 saturated heterocycles. The van der Waals surface area contributed by atoms with E-state index in [4.69, 9.17) is 28.8 Å². The van der Waals surface area contributed by atoms with Gasteiger partial charge < -0.3 is 0 Å². The van der Waals surface area contributed by atoms with Crippen molar-refractivity contribution in [2.45, 2.75) is 13.5 Å². The summed E-state index contributed by atoms with van der Waals surface area (Å²) in [4.78, 5) is 9.47. The van der Waals surface area contributed by atoms with Crippen molar-refractivity contribution < 1.29 is 0 Å². The minimum atomic E-state index is 0.474. The van der Waals surface area contributed by atoms with Crippen LogP contribution in [0.3, 0.4) is 0 Å². The quantitative estimate of drug-likeness (QED) is 0.583. The lowest BCUT2D eigenvalue weighted by Crippen LogP contribution is -2.10. The second kappa shape index (κ2) is 5.96. The van der Waals surface area contributed by atoms with Gasteiger partial charge in [0.2, 0.25) is 0 Å². The number of benzene rings is 2. The number of aliphatic imine (C=N–C) groups is 1. The summed E-state index contributed by atoms with van der Waals surface area (Å²) in [5.41, 5.74) is 4.80. The molecule has 0 bridgehead atoms. The van der Waals surface area contributed by atoms with Gasteiger partial charge in [-0.3, -0.25) is 9.56 Å². The summed E-state index contributed by atoms with van der Waals surface area (Å²) in [6.07, 6.45) is 0. The van der Waals surface area contributed by atoms with E-state index in [0.29, 0.717) is 11.6 Å². The van der Waals surface area contributed by atoms with Gasteiger partial charge in [-0.2, -0.15) is 0 Å². The summed E-state index contributed by atoms with van der Waals surface area (Å²) in [5, 5.41) is 0.674. The highest BCUT2D eigenvalue weighted by molar-refractivity contribution is 7.71. The summed E-state index contributed by atoms with van der Waals surface area (Å²) in [5.74, 6) is 0.842. The SMILES string of the molecule is Cc1cc(=S)n2c(n1)CN=C(c1ccccc1)c1cc(Cl)ccc1-2. The maximum Gasteiger partial charge on any atom is 0.136 e. The number of hydrogen-bond donors (Lipinski definition) is 0. The maximum absolute atomic E-state index is 6.27. The van der Waals surface area contributed by atoms with E-state index in [2.05, 4.69) is 17.1 Å². The molecule has 0 aliphatic carbocycles. The Morgan fingerprint density at radius 1 is 1.08 bits per heavy atom. The molecule has 3 aromatic rings. The number of hydrogen-bond acceptors (Lipinski definition) is 3. The van der Waals surface area contributed by atoms with Gasteiger partial charge in [-0.05, 0) is 31.2 Å². The lowest BCUT2D eigenvalue weighted by atomic mass is 10.0. The molecular weight excluding hydrogens is 338 g/mol. The first-order chi connectivity index (χ1) is 11.6. The molecule has 2 heterocycles. The first-order valence-electron chi connectivity index (χ1n) is 7.63. The summed E-state index contributed by atoms with van der Waals surface area (Å²) in [6.45, 7) is 2.42. The van der Waals surface area contributed by atoms with Gasteiger partial charge >= 0.3 is 0 Å². The Balaban J connectivity index is 2.05. The Hall–Kier alpha value is -2.30. The summed E-state index contributed by atoms with van der Waals surface area (Å²) in [6, 6.07) is 17.8. The smallest absolute Gasteiger partial charge is 0.136 e. The number of nitrogens with zero attached hydrogens (tertiary/aromatic N) is 3. The van der Waals surface area contributed by atoms with Crippen molar-refractivity contribution in [1.29, 1.82) is 0 Å². The molecular formula is C19H14ClN3S. The fourth-order valence-electron chi connectivity index (χ4n) is 2.99.